The maximum Gasteiger partial charge on any atom is 0.254 e. The van der Waals surface area contributed by atoms with Crippen molar-refractivity contribution in [2.75, 3.05) is 11.9 Å². The summed E-state index contributed by atoms with van der Waals surface area (Å²) in [7, 11) is 0. The van der Waals surface area contributed by atoms with Gasteiger partial charge < -0.3 is 15.5 Å². The van der Waals surface area contributed by atoms with E-state index in [1.807, 2.05) is 0 Å². The van der Waals surface area contributed by atoms with Gasteiger partial charge in [0, 0.05) is 23.5 Å². The van der Waals surface area contributed by atoms with Crippen LogP contribution in [-0.2, 0) is 22.6 Å². The SMILES string of the molecule is CC(C)N(CC(=O)Nc1nc(CC(=O)NCc2ccc(F)cc2)cs1)C(=O)c1ccc(F)cc1. The number of nitrogens with zero attached hydrogens (tertiary/aromatic N) is 2. The van der Waals surface area contributed by atoms with Gasteiger partial charge in [0.2, 0.25) is 11.8 Å². The molecule has 3 rings (SSSR count). The van der Waals surface area contributed by atoms with Crippen LogP contribution in [0.2, 0.25) is 0 Å². The number of nitrogens with one attached hydrogen (secondary N) is 2. The van der Waals surface area contributed by atoms with Crippen molar-refractivity contribution >= 4 is 34.2 Å². The van der Waals surface area contributed by atoms with E-state index in [1.165, 1.54) is 52.6 Å². The summed E-state index contributed by atoms with van der Waals surface area (Å²) in [5, 5.41) is 7.36. The summed E-state index contributed by atoms with van der Waals surface area (Å²) >= 11 is 1.17. The fraction of sp³-hybridized carbons (Fsp3) is 0.250. The predicted octanol–water partition coefficient (Wildman–Crippen LogP) is 3.77. The molecule has 0 saturated heterocycles. The van der Waals surface area contributed by atoms with Crippen molar-refractivity contribution in [2.24, 2.45) is 0 Å². The van der Waals surface area contributed by atoms with E-state index in [-0.39, 0.29) is 48.7 Å². The van der Waals surface area contributed by atoms with Crippen LogP contribution in [-0.4, -0.2) is 40.2 Å². The van der Waals surface area contributed by atoms with Crippen LogP contribution in [0.4, 0.5) is 13.9 Å². The van der Waals surface area contributed by atoms with Crippen LogP contribution in [0.25, 0.3) is 0 Å². The van der Waals surface area contributed by atoms with E-state index in [9.17, 15) is 23.2 Å². The molecule has 3 amide bonds. The molecule has 0 unspecified atom stereocenters. The minimum absolute atomic E-state index is 0.0226. The lowest BCUT2D eigenvalue weighted by Gasteiger charge is -2.26. The zero-order chi connectivity index (χ0) is 24.7. The third kappa shape index (κ3) is 7.17. The van der Waals surface area contributed by atoms with Gasteiger partial charge in [-0.05, 0) is 55.8 Å². The standard InChI is InChI=1S/C24H24F2N4O3S/c1-15(2)30(23(33)17-5-9-19(26)10-6-17)13-22(32)29-24-28-20(14-34-24)11-21(31)27-12-16-3-7-18(25)8-4-16/h3-10,14-15H,11-13H2,1-2H3,(H,27,31)(H,28,29,32). The molecule has 0 atom stereocenters. The number of halogens is 2. The van der Waals surface area contributed by atoms with Crippen molar-refractivity contribution < 1.29 is 23.2 Å². The fourth-order valence-electron chi connectivity index (χ4n) is 3.04. The number of thiazole rings is 1. The summed E-state index contributed by atoms with van der Waals surface area (Å²) < 4.78 is 26.1. The second-order valence-electron chi connectivity index (χ2n) is 7.81. The van der Waals surface area contributed by atoms with Gasteiger partial charge in [-0.1, -0.05) is 12.1 Å². The average molecular weight is 487 g/mol. The van der Waals surface area contributed by atoms with Gasteiger partial charge in [-0.2, -0.15) is 0 Å². The Hall–Kier alpha value is -3.66. The lowest BCUT2D eigenvalue weighted by atomic mass is 10.1. The molecule has 0 spiro atoms. The van der Waals surface area contributed by atoms with E-state index in [4.69, 9.17) is 0 Å². The highest BCUT2D eigenvalue weighted by atomic mass is 32.1. The van der Waals surface area contributed by atoms with Crippen LogP contribution in [0.5, 0.6) is 0 Å². The first-order valence-electron chi connectivity index (χ1n) is 10.5. The monoisotopic (exact) mass is 486 g/mol. The normalized spacial score (nSPS) is 10.7. The molecule has 0 radical (unpaired) electrons. The number of amides is 3. The average Bonchev–Trinajstić information content (AvgIpc) is 3.23. The molecule has 7 nitrogen and oxygen atoms in total. The van der Waals surface area contributed by atoms with Gasteiger partial charge in [-0.25, -0.2) is 13.8 Å². The Morgan fingerprint density at radius 1 is 0.971 bits per heavy atom. The van der Waals surface area contributed by atoms with Crippen LogP contribution < -0.4 is 10.6 Å². The van der Waals surface area contributed by atoms with Crippen LogP contribution in [0, 0.1) is 11.6 Å². The lowest BCUT2D eigenvalue weighted by molar-refractivity contribution is -0.120. The summed E-state index contributed by atoms with van der Waals surface area (Å²) in [6.45, 7) is 3.61. The smallest absolute Gasteiger partial charge is 0.254 e. The van der Waals surface area contributed by atoms with Crippen LogP contribution in [0.3, 0.4) is 0 Å². The molecule has 1 heterocycles. The molecular weight excluding hydrogens is 462 g/mol. The molecule has 34 heavy (non-hydrogen) atoms. The Kier molecular flexibility index (Phi) is 8.42. The van der Waals surface area contributed by atoms with Crippen LogP contribution in [0.15, 0.2) is 53.9 Å². The van der Waals surface area contributed by atoms with E-state index >= 15 is 0 Å². The number of rotatable bonds is 9. The van der Waals surface area contributed by atoms with Crippen LogP contribution in [0.1, 0.15) is 35.5 Å². The zero-order valence-electron chi connectivity index (χ0n) is 18.7. The largest absolute Gasteiger partial charge is 0.352 e. The first-order valence-corrected chi connectivity index (χ1v) is 11.4. The van der Waals surface area contributed by atoms with Crippen molar-refractivity contribution in [2.45, 2.75) is 32.9 Å². The van der Waals surface area contributed by atoms with Gasteiger partial charge in [0.1, 0.15) is 18.2 Å². The molecule has 0 aliphatic carbocycles. The molecule has 2 aromatic carbocycles. The quantitative estimate of drug-likeness (QED) is 0.482. The molecule has 0 aliphatic rings. The summed E-state index contributed by atoms with van der Waals surface area (Å²) in [5.74, 6) is -1.88. The number of aromatic nitrogens is 1. The third-order valence-electron chi connectivity index (χ3n) is 4.83. The number of hydrogen-bond acceptors (Lipinski definition) is 5. The molecule has 3 aromatic rings. The van der Waals surface area contributed by atoms with Gasteiger partial charge in [-0.15, -0.1) is 11.3 Å². The van der Waals surface area contributed by atoms with Crippen LogP contribution >= 0.6 is 11.3 Å². The first kappa shape index (κ1) is 25.0. The topological polar surface area (TPSA) is 91.4 Å². The Morgan fingerprint density at radius 2 is 1.59 bits per heavy atom. The Morgan fingerprint density at radius 3 is 2.21 bits per heavy atom. The summed E-state index contributed by atoms with van der Waals surface area (Å²) in [6.07, 6.45) is 0.0226. The van der Waals surface area contributed by atoms with Crippen molar-refractivity contribution in [1.82, 2.24) is 15.2 Å². The molecule has 1 aromatic heterocycles. The van der Waals surface area contributed by atoms with Gasteiger partial charge in [0.05, 0.1) is 12.1 Å². The minimum Gasteiger partial charge on any atom is -0.352 e. The van der Waals surface area contributed by atoms with E-state index in [0.717, 1.165) is 5.56 Å². The molecular formula is C24H24F2N4O3S. The molecule has 2 N–H and O–H groups in total. The van der Waals surface area contributed by atoms with Crippen molar-refractivity contribution in [3.05, 3.63) is 82.4 Å². The molecule has 0 fully saturated rings. The summed E-state index contributed by atoms with van der Waals surface area (Å²) in [4.78, 5) is 43.1. The summed E-state index contributed by atoms with van der Waals surface area (Å²) in [5.41, 5.74) is 1.54. The maximum absolute atomic E-state index is 13.1. The van der Waals surface area contributed by atoms with Crippen molar-refractivity contribution in [3.63, 3.8) is 0 Å². The number of benzene rings is 2. The second kappa shape index (κ2) is 11.5. The second-order valence-corrected chi connectivity index (χ2v) is 8.66. The van der Waals surface area contributed by atoms with E-state index in [0.29, 0.717) is 10.8 Å². The zero-order valence-corrected chi connectivity index (χ0v) is 19.5. The highest BCUT2D eigenvalue weighted by Crippen LogP contribution is 2.17. The van der Waals surface area contributed by atoms with E-state index < -0.39 is 11.7 Å². The molecule has 0 saturated carbocycles. The minimum atomic E-state index is -0.450. The lowest BCUT2D eigenvalue weighted by Crippen LogP contribution is -2.42. The number of carbonyl (C=O) groups is 3. The van der Waals surface area contributed by atoms with Gasteiger partial charge in [-0.3, -0.25) is 14.4 Å². The first-order chi connectivity index (χ1) is 16.2. The third-order valence-corrected chi connectivity index (χ3v) is 5.64. The van der Waals surface area contributed by atoms with E-state index in [1.54, 1.807) is 31.4 Å². The highest BCUT2D eigenvalue weighted by molar-refractivity contribution is 7.13. The number of carbonyl (C=O) groups excluding carboxylic acids is 3. The Bertz CT molecular complexity index is 1150. The van der Waals surface area contributed by atoms with Gasteiger partial charge in [0.15, 0.2) is 5.13 Å². The van der Waals surface area contributed by atoms with E-state index in [2.05, 4.69) is 15.6 Å². The van der Waals surface area contributed by atoms with Gasteiger partial charge in [0.25, 0.3) is 5.91 Å². The molecule has 0 bridgehead atoms. The molecule has 0 aliphatic heterocycles. The Balaban J connectivity index is 1.52. The Labute approximate surface area is 199 Å². The molecule has 178 valence electrons. The van der Waals surface area contributed by atoms with Gasteiger partial charge >= 0.3 is 0 Å². The maximum atomic E-state index is 13.1. The predicted molar refractivity (Wildman–Crippen MR) is 125 cm³/mol. The summed E-state index contributed by atoms with van der Waals surface area (Å²) in [6, 6.07) is 10.7. The number of anilines is 1. The fourth-order valence-corrected chi connectivity index (χ4v) is 3.76. The molecule has 10 heteroatoms. The highest BCUT2D eigenvalue weighted by Gasteiger charge is 2.22. The van der Waals surface area contributed by atoms with Crippen molar-refractivity contribution in [1.29, 1.82) is 0 Å². The number of hydrogen-bond donors (Lipinski definition) is 2. The van der Waals surface area contributed by atoms with Crippen molar-refractivity contribution in [3.8, 4) is 0 Å².